The van der Waals surface area contributed by atoms with Crippen molar-refractivity contribution in [3.63, 3.8) is 0 Å². The average Bonchev–Trinajstić information content (AvgIpc) is 2.21. The molecular formula is C13H28O. The Morgan fingerprint density at radius 2 is 1.43 bits per heavy atom. The molecule has 0 aromatic carbocycles. The summed E-state index contributed by atoms with van der Waals surface area (Å²) in [4.78, 5) is 0. The van der Waals surface area contributed by atoms with E-state index in [1.807, 2.05) is 0 Å². The molecule has 14 heavy (non-hydrogen) atoms. The van der Waals surface area contributed by atoms with E-state index >= 15 is 0 Å². The van der Waals surface area contributed by atoms with Crippen molar-refractivity contribution in [2.75, 3.05) is 0 Å². The van der Waals surface area contributed by atoms with Gasteiger partial charge in [0.15, 0.2) is 0 Å². The summed E-state index contributed by atoms with van der Waals surface area (Å²) in [6, 6.07) is 0. The minimum atomic E-state index is -0.113. The maximum atomic E-state index is 10.3. The van der Waals surface area contributed by atoms with Gasteiger partial charge in [-0.1, -0.05) is 41.0 Å². The molecule has 0 saturated heterocycles. The quantitative estimate of drug-likeness (QED) is 0.658. The van der Waals surface area contributed by atoms with Crippen molar-refractivity contribution < 1.29 is 5.11 Å². The second kappa shape index (κ2) is 6.44. The van der Waals surface area contributed by atoms with Crippen LogP contribution >= 0.6 is 0 Å². The summed E-state index contributed by atoms with van der Waals surface area (Å²) in [7, 11) is 0. The first-order chi connectivity index (χ1) is 6.56. The molecule has 0 aliphatic rings. The number of hydrogen-bond donors (Lipinski definition) is 1. The van der Waals surface area contributed by atoms with E-state index in [1.54, 1.807) is 0 Å². The predicted molar refractivity (Wildman–Crippen MR) is 63.4 cm³/mol. The molecular weight excluding hydrogens is 172 g/mol. The Kier molecular flexibility index (Phi) is 6.43. The molecule has 0 aliphatic heterocycles. The minimum absolute atomic E-state index is 0.113. The second-order valence-electron chi connectivity index (χ2n) is 4.69. The van der Waals surface area contributed by atoms with E-state index in [0.717, 1.165) is 25.7 Å². The SMILES string of the molecule is CCC(C)CC(O)C(CC)(CC)CC. The standard InChI is InChI=1S/C13H28O/c1-6-11(5)10-12(14)13(7-2,8-3)9-4/h11-12,14H,6-10H2,1-5H3. The van der Waals surface area contributed by atoms with Crippen molar-refractivity contribution >= 4 is 0 Å². The van der Waals surface area contributed by atoms with Crippen LogP contribution in [0.1, 0.15) is 66.7 Å². The molecule has 86 valence electrons. The molecule has 0 spiro atoms. The lowest BCUT2D eigenvalue weighted by molar-refractivity contribution is -0.00173. The number of rotatable bonds is 7. The fourth-order valence-electron chi connectivity index (χ4n) is 2.25. The molecule has 2 unspecified atom stereocenters. The van der Waals surface area contributed by atoms with Crippen LogP contribution in [-0.2, 0) is 0 Å². The number of hydrogen-bond acceptors (Lipinski definition) is 1. The molecule has 2 atom stereocenters. The van der Waals surface area contributed by atoms with Gasteiger partial charge in [0, 0.05) is 0 Å². The molecule has 0 amide bonds. The molecule has 0 radical (unpaired) electrons. The summed E-state index contributed by atoms with van der Waals surface area (Å²) in [5, 5.41) is 10.3. The van der Waals surface area contributed by atoms with Crippen molar-refractivity contribution in [2.24, 2.45) is 11.3 Å². The van der Waals surface area contributed by atoms with Gasteiger partial charge in [0.1, 0.15) is 0 Å². The van der Waals surface area contributed by atoms with Gasteiger partial charge in [0.25, 0.3) is 0 Å². The van der Waals surface area contributed by atoms with E-state index in [4.69, 9.17) is 0 Å². The summed E-state index contributed by atoms with van der Waals surface area (Å²) in [6.07, 6.45) is 5.31. The van der Waals surface area contributed by atoms with Crippen molar-refractivity contribution in [1.29, 1.82) is 0 Å². The lowest BCUT2D eigenvalue weighted by atomic mass is 9.72. The fraction of sp³-hybridized carbons (Fsp3) is 1.00. The van der Waals surface area contributed by atoms with Gasteiger partial charge < -0.3 is 5.11 Å². The zero-order valence-corrected chi connectivity index (χ0v) is 10.6. The van der Waals surface area contributed by atoms with Gasteiger partial charge in [-0.3, -0.25) is 0 Å². The molecule has 1 nitrogen and oxygen atoms in total. The van der Waals surface area contributed by atoms with Gasteiger partial charge in [-0.05, 0) is 37.0 Å². The molecule has 0 fully saturated rings. The van der Waals surface area contributed by atoms with Crippen LogP contribution in [0.3, 0.4) is 0 Å². The van der Waals surface area contributed by atoms with Gasteiger partial charge >= 0.3 is 0 Å². The van der Waals surface area contributed by atoms with Gasteiger partial charge in [-0.25, -0.2) is 0 Å². The van der Waals surface area contributed by atoms with Crippen LogP contribution in [0.2, 0.25) is 0 Å². The Morgan fingerprint density at radius 3 is 1.71 bits per heavy atom. The van der Waals surface area contributed by atoms with Crippen LogP contribution in [0.25, 0.3) is 0 Å². The van der Waals surface area contributed by atoms with Crippen molar-refractivity contribution in [3.05, 3.63) is 0 Å². The van der Waals surface area contributed by atoms with E-state index < -0.39 is 0 Å². The third-order valence-corrected chi connectivity index (χ3v) is 4.14. The Labute approximate surface area is 89.9 Å². The number of aliphatic hydroxyl groups is 1. The number of aliphatic hydroxyl groups excluding tert-OH is 1. The topological polar surface area (TPSA) is 20.2 Å². The lowest BCUT2D eigenvalue weighted by Gasteiger charge is -2.37. The Balaban J connectivity index is 4.35. The van der Waals surface area contributed by atoms with E-state index in [2.05, 4.69) is 34.6 Å². The fourth-order valence-corrected chi connectivity index (χ4v) is 2.25. The van der Waals surface area contributed by atoms with Crippen LogP contribution in [0, 0.1) is 11.3 Å². The van der Waals surface area contributed by atoms with Crippen LogP contribution in [0.5, 0.6) is 0 Å². The molecule has 0 heterocycles. The van der Waals surface area contributed by atoms with Crippen LogP contribution in [-0.4, -0.2) is 11.2 Å². The lowest BCUT2D eigenvalue weighted by Crippen LogP contribution is -2.34. The highest BCUT2D eigenvalue weighted by Gasteiger charge is 2.32. The Morgan fingerprint density at radius 1 is 1.00 bits per heavy atom. The highest BCUT2D eigenvalue weighted by atomic mass is 16.3. The third kappa shape index (κ3) is 3.27. The zero-order chi connectivity index (χ0) is 11.2. The van der Waals surface area contributed by atoms with E-state index in [9.17, 15) is 5.11 Å². The van der Waals surface area contributed by atoms with Crippen molar-refractivity contribution in [2.45, 2.75) is 72.8 Å². The molecule has 1 heteroatoms. The normalized spacial score (nSPS) is 16.7. The first-order valence-corrected chi connectivity index (χ1v) is 6.24. The third-order valence-electron chi connectivity index (χ3n) is 4.14. The molecule has 0 saturated carbocycles. The molecule has 0 rings (SSSR count). The largest absolute Gasteiger partial charge is 0.393 e. The summed E-state index contributed by atoms with van der Waals surface area (Å²) < 4.78 is 0. The van der Waals surface area contributed by atoms with Crippen molar-refractivity contribution in [1.82, 2.24) is 0 Å². The van der Waals surface area contributed by atoms with Gasteiger partial charge in [-0.15, -0.1) is 0 Å². The highest BCUT2D eigenvalue weighted by Crippen LogP contribution is 2.37. The van der Waals surface area contributed by atoms with Gasteiger partial charge in [0.05, 0.1) is 6.10 Å². The monoisotopic (exact) mass is 200 g/mol. The highest BCUT2D eigenvalue weighted by molar-refractivity contribution is 4.83. The molecule has 0 bridgehead atoms. The maximum absolute atomic E-state index is 10.3. The van der Waals surface area contributed by atoms with Gasteiger partial charge in [-0.2, -0.15) is 0 Å². The first kappa shape index (κ1) is 14.0. The average molecular weight is 200 g/mol. The smallest absolute Gasteiger partial charge is 0.0598 e. The second-order valence-corrected chi connectivity index (χ2v) is 4.69. The molecule has 0 aliphatic carbocycles. The summed E-state index contributed by atoms with van der Waals surface area (Å²) in [5.74, 6) is 0.647. The Hall–Kier alpha value is -0.0400. The Bertz CT molecular complexity index is 130. The van der Waals surface area contributed by atoms with E-state index in [-0.39, 0.29) is 11.5 Å². The zero-order valence-electron chi connectivity index (χ0n) is 10.6. The summed E-state index contributed by atoms with van der Waals surface area (Å²) in [5.41, 5.74) is 0.170. The van der Waals surface area contributed by atoms with Crippen LogP contribution < -0.4 is 0 Å². The van der Waals surface area contributed by atoms with E-state index in [0.29, 0.717) is 5.92 Å². The molecule has 0 aromatic heterocycles. The van der Waals surface area contributed by atoms with E-state index in [1.165, 1.54) is 6.42 Å². The first-order valence-electron chi connectivity index (χ1n) is 6.24. The van der Waals surface area contributed by atoms with Gasteiger partial charge in [0.2, 0.25) is 0 Å². The van der Waals surface area contributed by atoms with Crippen LogP contribution in [0.15, 0.2) is 0 Å². The van der Waals surface area contributed by atoms with Crippen molar-refractivity contribution in [3.8, 4) is 0 Å². The summed E-state index contributed by atoms with van der Waals surface area (Å²) >= 11 is 0. The molecule has 1 N–H and O–H groups in total. The molecule has 0 aromatic rings. The summed E-state index contributed by atoms with van der Waals surface area (Å²) in [6.45, 7) is 11.0. The minimum Gasteiger partial charge on any atom is -0.393 e. The van der Waals surface area contributed by atoms with Crippen LogP contribution in [0.4, 0.5) is 0 Å². The maximum Gasteiger partial charge on any atom is 0.0598 e. The predicted octanol–water partition coefficient (Wildman–Crippen LogP) is 4.00.